The van der Waals surface area contributed by atoms with Gasteiger partial charge in [-0.15, -0.1) is 0 Å². The third-order valence-corrected chi connectivity index (χ3v) is 4.49. The molecule has 0 radical (unpaired) electrons. The molecule has 1 aromatic carbocycles. The number of ether oxygens (including phenoxy) is 1. The Morgan fingerprint density at radius 2 is 2.15 bits per heavy atom. The monoisotopic (exact) mass is 351 g/mol. The molecule has 0 atom stereocenters. The molecular formula is C21H25N3O2. The Balaban J connectivity index is 1.50. The maximum Gasteiger partial charge on any atom is 0.255 e. The number of carbonyl (C=O) groups is 1. The lowest BCUT2D eigenvalue weighted by molar-refractivity contribution is 0.102. The SMILES string of the molecule is COc1cccc(C(=O)Nc2ccc(NCCC3=CCCCC3)nc2)c1. The first-order chi connectivity index (χ1) is 12.7. The van der Waals surface area contributed by atoms with E-state index in [1.165, 1.54) is 25.7 Å². The van der Waals surface area contributed by atoms with E-state index in [-0.39, 0.29) is 5.91 Å². The number of hydrogen-bond donors (Lipinski definition) is 2. The highest BCUT2D eigenvalue weighted by molar-refractivity contribution is 6.04. The minimum atomic E-state index is -0.185. The number of hydrogen-bond acceptors (Lipinski definition) is 4. The van der Waals surface area contributed by atoms with Crippen molar-refractivity contribution in [2.45, 2.75) is 32.1 Å². The number of methoxy groups -OCH3 is 1. The second kappa shape index (κ2) is 9.04. The molecule has 1 heterocycles. The van der Waals surface area contributed by atoms with E-state index in [1.807, 2.05) is 18.2 Å². The van der Waals surface area contributed by atoms with Gasteiger partial charge in [0, 0.05) is 12.1 Å². The number of anilines is 2. The molecule has 3 rings (SSSR count). The average Bonchev–Trinajstić information content (AvgIpc) is 2.70. The van der Waals surface area contributed by atoms with Crippen molar-refractivity contribution >= 4 is 17.4 Å². The third-order valence-electron chi connectivity index (χ3n) is 4.49. The van der Waals surface area contributed by atoms with Gasteiger partial charge in [-0.3, -0.25) is 4.79 Å². The molecule has 1 aliphatic rings. The Hall–Kier alpha value is -2.82. The molecule has 0 saturated heterocycles. The minimum Gasteiger partial charge on any atom is -0.497 e. The van der Waals surface area contributed by atoms with Crippen molar-refractivity contribution in [3.63, 3.8) is 0 Å². The molecule has 0 spiro atoms. The van der Waals surface area contributed by atoms with Gasteiger partial charge in [0.15, 0.2) is 0 Å². The van der Waals surface area contributed by atoms with Crippen LogP contribution in [0.25, 0.3) is 0 Å². The quantitative estimate of drug-likeness (QED) is 0.713. The fourth-order valence-corrected chi connectivity index (χ4v) is 3.02. The van der Waals surface area contributed by atoms with Crippen molar-refractivity contribution in [1.82, 2.24) is 4.98 Å². The van der Waals surface area contributed by atoms with E-state index < -0.39 is 0 Å². The predicted octanol–water partition coefficient (Wildman–Crippen LogP) is 4.64. The number of nitrogens with zero attached hydrogens (tertiary/aromatic N) is 1. The van der Waals surface area contributed by atoms with Gasteiger partial charge >= 0.3 is 0 Å². The van der Waals surface area contributed by atoms with Crippen LogP contribution in [0.2, 0.25) is 0 Å². The van der Waals surface area contributed by atoms with E-state index >= 15 is 0 Å². The molecule has 0 fully saturated rings. The van der Waals surface area contributed by atoms with Gasteiger partial charge in [-0.1, -0.05) is 17.7 Å². The van der Waals surface area contributed by atoms with Crippen LogP contribution in [-0.4, -0.2) is 24.5 Å². The van der Waals surface area contributed by atoms with Crippen molar-refractivity contribution in [3.8, 4) is 5.75 Å². The van der Waals surface area contributed by atoms with Crippen molar-refractivity contribution in [2.75, 3.05) is 24.3 Å². The molecule has 136 valence electrons. The number of amides is 1. The molecule has 5 heteroatoms. The second-order valence-corrected chi connectivity index (χ2v) is 6.40. The Bertz CT molecular complexity index is 769. The Morgan fingerprint density at radius 1 is 1.23 bits per heavy atom. The van der Waals surface area contributed by atoms with Gasteiger partial charge in [-0.25, -0.2) is 4.98 Å². The van der Waals surface area contributed by atoms with E-state index in [0.717, 1.165) is 18.8 Å². The maximum atomic E-state index is 12.3. The van der Waals surface area contributed by atoms with E-state index in [2.05, 4.69) is 21.7 Å². The predicted molar refractivity (Wildman–Crippen MR) is 105 cm³/mol. The summed E-state index contributed by atoms with van der Waals surface area (Å²) in [6.45, 7) is 0.883. The smallest absolute Gasteiger partial charge is 0.255 e. The van der Waals surface area contributed by atoms with Gasteiger partial charge in [-0.05, 0) is 62.4 Å². The van der Waals surface area contributed by atoms with Crippen LogP contribution in [0.15, 0.2) is 54.2 Å². The van der Waals surface area contributed by atoms with Gasteiger partial charge in [0.25, 0.3) is 5.91 Å². The third kappa shape index (κ3) is 5.09. The van der Waals surface area contributed by atoms with Crippen LogP contribution in [0.4, 0.5) is 11.5 Å². The van der Waals surface area contributed by atoms with E-state index in [4.69, 9.17) is 4.74 Å². The van der Waals surface area contributed by atoms with Crippen molar-refractivity contribution in [3.05, 3.63) is 59.8 Å². The fraction of sp³-hybridized carbons (Fsp3) is 0.333. The average molecular weight is 351 g/mol. The highest BCUT2D eigenvalue weighted by Crippen LogP contribution is 2.20. The molecular weight excluding hydrogens is 326 g/mol. The molecule has 0 unspecified atom stereocenters. The minimum absolute atomic E-state index is 0.185. The zero-order chi connectivity index (χ0) is 18.2. The molecule has 26 heavy (non-hydrogen) atoms. The molecule has 0 aliphatic heterocycles. The van der Waals surface area contributed by atoms with Gasteiger partial charge in [0.05, 0.1) is 19.0 Å². The first-order valence-electron chi connectivity index (χ1n) is 9.08. The highest BCUT2D eigenvalue weighted by atomic mass is 16.5. The molecule has 0 saturated carbocycles. The highest BCUT2D eigenvalue weighted by Gasteiger charge is 2.08. The number of nitrogens with one attached hydrogen (secondary N) is 2. The summed E-state index contributed by atoms with van der Waals surface area (Å²) in [7, 11) is 1.58. The van der Waals surface area contributed by atoms with Gasteiger partial charge in [-0.2, -0.15) is 0 Å². The van der Waals surface area contributed by atoms with Crippen molar-refractivity contribution in [2.24, 2.45) is 0 Å². The molecule has 2 aromatic rings. The summed E-state index contributed by atoms with van der Waals surface area (Å²) in [5.41, 5.74) is 2.76. The summed E-state index contributed by atoms with van der Waals surface area (Å²) in [5.74, 6) is 1.29. The number of pyridine rings is 1. The van der Waals surface area contributed by atoms with Crippen LogP contribution in [0.3, 0.4) is 0 Å². The zero-order valence-corrected chi connectivity index (χ0v) is 15.1. The van der Waals surface area contributed by atoms with E-state index in [1.54, 1.807) is 37.1 Å². The van der Waals surface area contributed by atoms with Crippen LogP contribution in [-0.2, 0) is 0 Å². The zero-order valence-electron chi connectivity index (χ0n) is 15.1. The molecule has 1 aliphatic carbocycles. The molecule has 0 bridgehead atoms. The first kappa shape index (κ1) is 18.0. The lowest BCUT2D eigenvalue weighted by Gasteiger charge is -2.13. The van der Waals surface area contributed by atoms with Crippen LogP contribution in [0.5, 0.6) is 5.75 Å². The summed E-state index contributed by atoms with van der Waals surface area (Å²) < 4.78 is 5.15. The summed E-state index contributed by atoms with van der Waals surface area (Å²) in [6.07, 6.45) is 10.2. The molecule has 2 N–H and O–H groups in total. The van der Waals surface area contributed by atoms with Crippen LogP contribution in [0.1, 0.15) is 42.5 Å². The van der Waals surface area contributed by atoms with Gasteiger partial charge in [0.2, 0.25) is 0 Å². The Morgan fingerprint density at radius 3 is 2.88 bits per heavy atom. The summed E-state index contributed by atoms with van der Waals surface area (Å²) in [6, 6.07) is 10.8. The molecule has 5 nitrogen and oxygen atoms in total. The molecule has 1 amide bonds. The van der Waals surface area contributed by atoms with E-state index in [0.29, 0.717) is 17.0 Å². The number of carbonyl (C=O) groups excluding carboxylic acids is 1. The second-order valence-electron chi connectivity index (χ2n) is 6.40. The Kier molecular flexibility index (Phi) is 6.25. The lowest BCUT2D eigenvalue weighted by Crippen LogP contribution is -2.12. The van der Waals surface area contributed by atoms with Gasteiger partial charge in [0.1, 0.15) is 11.6 Å². The van der Waals surface area contributed by atoms with Crippen LogP contribution in [0, 0.1) is 0 Å². The summed E-state index contributed by atoms with van der Waals surface area (Å²) >= 11 is 0. The summed E-state index contributed by atoms with van der Waals surface area (Å²) in [4.78, 5) is 16.7. The number of allylic oxidation sites excluding steroid dienone is 1. The molecule has 1 aromatic heterocycles. The van der Waals surface area contributed by atoms with Crippen LogP contribution < -0.4 is 15.4 Å². The standard InChI is InChI=1S/C21H25N3O2/c1-26-19-9-5-8-17(14-19)21(25)24-18-10-11-20(23-15-18)22-13-12-16-6-3-2-4-7-16/h5-6,8-11,14-15H,2-4,7,12-13H2,1H3,(H,22,23)(H,24,25). The fourth-order valence-electron chi connectivity index (χ4n) is 3.02. The summed E-state index contributed by atoms with van der Waals surface area (Å²) in [5, 5.41) is 6.19. The number of rotatable bonds is 7. The number of benzene rings is 1. The topological polar surface area (TPSA) is 63.2 Å². The van der Waals surface area contributed by atoms with Crippen LogP contribution >= 0.6 is 0 Å². The normalized spacial score (nSPS) is 13.7. The van der Waals surface area contributed by atoms with Gasteiger partial charge < -0.3 is 15.4 Å². The van der Waals surface area contributed by atoms with Crippen molar-refractivity contribution in [1.29, 1.82) is 0 Å². The maximum absolute atomic E-state index is 12.3. The largest absolute Gasteiger partial charge is 0.497 e. The van der Waals surface area contributed by atoms with Crippen molar-refractivity contribution < 1.29 is 9.53 Å². The Labute approximate surface area is 154 Å². The number of aromatic nitrogens is 1. The van der Waals surface area contributed by atoms with E-state index in [9.17, 15) is 4.79 Å². The first-order valence-corrected chi connectivity index (χ1v) is 9.08. The lowest BCUT2D eigenvalue weighted by atomic mass is 9.97.